The molecule has 0 atom stereocenters. The topological polar surface area (TPSA) is 80.0 Å². The van der Waals surface area contributed by atoms with E-state index in [1.165, 1.54) is 6.20 Å². The number of carbonyl (C=O) groups is 1. The van der Waals surface area contributed by atoms with Crippen molar-refractivity contribution in [2.24, 2.45) is 0 Å². The molecule has 1 aromatic rings. The number of rotatable bonds is 6. The summed E-state index contributed by atoms with van der Waals surface area (Å²) in [6.07, 6.45) is 6.76. The summed E-state index contributed by atoms with van der Waals surface area (Å²) in [5.74, 6) is -0.950. The number of carboxylic acid groups (broad SMARTS) is 1. The molecule has 0 aliphatic heterocycles. The summed E-state index contributed by atoms with van der Waals surface area (Å²) in [6, 6.07) is 0. The van der Waals surface area contributed by atoms with Gasteiger partial charge in [0.1, 0.15) is 0 Å². The SMILES string of the molecule is O=C(O)/C=C/NCCCn1ccnn1. The molecule has 0 saturated heterocycles. The van der Waals surface area contributed by atoms with Crippen molar-refractivity contribution in [2.75, 3.05) is 6.54 Å². The van der Waals surface area contributed by atoms with Gasteiger partial charge in [-0.15, -0.1) is 5.10 Å². The number of aryl methyl sites for hydroxylation is 1. The van der Waals surface area contributed by atoms with Gasteiger partial charge in [-0.05, 0) is 6.42 Å². The van der Waals surface area contributed by atoms with Gasteiger partial charge in [-0.3, -0.25) is 4.68 Å². The van der Waals surface area contributed by atoms with Crippen LogP contribution in [-0.4, -0.2) is 32.6 Å². The van der Waals surface area contributed by atoms with Gasteiger partial charge in [-0.1, -0.05) is 5.21 Å². The average Bonchev–Trinajstić information content (AvgIpc) is 2.63. The highest BCUT2D eigenvalue weighted by Gasteiger charge is 1.90. The Morgan fingerprint density at radius 3 is 3.14 bits per heavy atom. The molecule has 6 heteroatoms. The third kappa shape index (κ3) is 4.24. The van der Waals surface area contributed by atoms with E-state index in [0.717, 1.165) is 19.0 Å². The molecule has 0 aromatic carbocycles. The number of aliphatic carboxylic acids is 1. The van der Waals surface area contributed by atoms with Crippen LogP contribution in [-0.2, 0) is 11.3 Å². The Morgan fingerprint density at radius 2 is 2.50 bits per heavy atom. The standard InChI is InChI=1S/C8H12N4O2/c13-8(14)2-4-9-3-1-6-12-7-5-10-11-12/h2,4-5,7,9H,1,3,6H2,(H,13,14)/b4-2+. The summed E-state index contributed by atoms with van der Waals surface area (Å²) in [5, 5.41) is 18.6. The van der Waals surface area contributed by atoms with Crippen LogP contribution in [0.5, 0.6) is 0 Å². The molecule has 0 radical (unpaired) electrons. The summed E-state index contributed by atoms with van der Waals surface area (Å²) in [6.45, 7) is 1.48. The molecular weight excluding hydrogens is 184 g/mol. The van der Waals surface area contributed by atoms with Crippen LogP contribution < -0.4 is 5.32 Å². The molecule has 0 amide bonds. The first kappa shape index (κ1) is 10.2. The largest absolute Gasteiger partial charge is 0.478 e. The maximum atomic E-state index is 10.1. The third-order valence-electron chi connectivity index (χ3n) is 1.52. The van der Waals surface area contributed by atoms with Crippen molar-refractivity contribution >= 4 is 5.97 Å². The molecule has 1 heterocycles. The summed E-state index contributed by atoms with van der Waals surface area (Å²) in [7, 11) is 0. The number of hydrogen-bond donors (Lipinski definition) is 2. The lowest BCUT2D eigenvalue weighted by Gasteiger charge is -2.00. The number of hydrogen-bond acceptors (Lipinski definition) is 4. The van der Waals surface area contributed by atoms with E-state index in [1.807, 2.05) is 0 Å². The minimum Gasteiger partial charge on any atom is -0.478 e. The smallest absolute Gasteiger partial charge is 0.329 e. The van der Waals surface area contributed by atoms with Crippen LogP contribution in [0.2, 0.25) is 0 Å². The van der Waals surface area contributed by atoms with Crippen molar-refractivity contribution in [2.45, 2.75) is 13.0 Å². The maximum Gasteiger partial charge on any atom is 0.329 e. The Morgan fingerprint density at radius 1 is 1.64 bits per heavy atom. The van der Waals surface area contributed by atoms with E-state index in [0.29, 0.717) is 6.54 Å². The fourth-order valence-electron chi connectivity index (χ4n) is 0.909. The molecule has 6 nitrogen and oxygen atoms in total. The molecule has 0 fully saturated rings. The highest BCUT2D eigenvalue weighted by molar-refractivity contribution is 5.79. The molecule has 1 aromatic heterocycles. The van der Waals surface area contributed by atoms with E-state index in [1.54, 1.807) is 17.1 Å². The van der Waals surface area contributed by atoms with Gasteiger partial charge in [0.15, 0.2) is 0 Å². The van der Waals surface area contributed by atoms with Crippen LogP contribution in [0.25, 0.3) is 0 Å². The van der Waals surface area contributed by atoms with Crippen molar-refractivity contribution in [3.05, 3.63) is 24.7 Å². The van der Waals surface area contributed by atoms with Crippen LogP contribution in [0, 0.1) is 0 Å². The minimum atomic E-state index is -0.950. The van der Waals surface area contributed by atoms with Crippen LogP contribution in [0.15, 0.2) is 24.7 Å². The second kappa shape index (κ2) is 5.74. The molecule has 14 heavy (non-hydrogen) atoms. The normalized spacial score (nSPS) is 10.6. The second-order valence-electron chi connectivity index (χ2n) is 2.65. The van der Waals surface area contributed by atoms with Gasteiger partial charge in [0.05, 0.1) is 6.20 Å². The summed E-state index contributed by atoms with van der Waals surface area (Å²) in [5.41, 5.74) is 0. The lowest BCUT2D eigenvalue weighted by Crippen LogP contribution is -2.11. The molecule has 0 aliphatic carbocycles. The average molecular weight is 196 g/mol. The zero-order valence-corrected chi connectivity index (χ0v) is 7.63. The molecular formula is C8H12N4O2. The van der Waals surface area contributed by atoms with Crippen molar-refractivity contribution in [3.8, 4) is 0 Å². The zero-order chi connectivity index (χ0) is 10.2. The Bertz CT molecular complexity index is 294. The summed E-state index contributed by atoms with van der Waals surface area (Å²) >= 11 is 0. The summed E-state index contributed by atoms with van der Waals surface area (Å²) < 4.78 is 1.72. The second-order valence-corrected chi connectivity index (χ2v) is 2.65. The molecule has 0 unspecified atom stereocenters. The molecule has 1 rings (SSSR count). The van der Waals surface area contributed by atoms with Crippen LogP contribution in [0.4, 0.5) is 0 Å². The lowest BCUT2D eigenvalue weighted by molar-refractivity contribution is -0.131. The van der Waals surface area contributed by atoms with Gasteiger partial charge < -0.3 is 10.4 Å². The summed E-state index contributed by atoms with van der Waals surface area (Å²) in [4.78, 5) is 10.1. The Balaban J connectivity index is 2.03. The van der Waals surface area contributed by atoms with Crippen LogP contribution >= 0.6 is 0 Å². The first-order valence-electron chi connectivity index (χ1n) is 4.26. The predicted molar refractivity (Wildman–Crippen MR) is 49.4 cm³/mol. The number of carboxylic acids is 1. The van der Waals surface area contributed by atoms with Gasteiger partial charge in [-0.2, -0.15) is 0 Å². The van der Waals surface area contributed by atoms with Crippen LogP contribution in [0.3, 0.4) is 0 Å². The Labute approximate surface area is 81.2 Å². The minimum absolute atomic E-state index is 0.712. The van der Waals surface area contributed by atoms with E-state index < -0.39 is 5.97 Å². The van der Waals surface area contributed by atoms with Gasteiger partial charge in [0.2, 0.25) is 0 Å². The van der Waals surface area contributed by atoms with Crippen molar-refractivity contribution in [1.82, 2.24) is 20.3 Å². The highest BCUT2D eigenvalue weighted by atomic mass is 16.4. The number of nitrogens with zero attached hydrogens (tertiary/aromatic N) is 3. The fourth-order valence-corrected chi connectivity index (χ4v) is 0.909. The number of aromatic nitrogens is 3. The first-order valence-corrected chi connectivity index (χ1v) is 4.26. The van der Waals surface area contributed by atoms with E-state index in [9.17, 15) is 4.79 Å². The molecule has 0 spiro atoms. The molecule has 2 N–H and O–H groups in total. The van der Waals surface area contributed by atoms with Crippen LogP contribution in [0.1, 0.15) is 6.42 Å². The van der Waals surface area contributed by atoms with Gasteiger partial charge in [-0.25, -0.2) is 4.79 Å². The first-order chi connectivity index (χ1) is 6.79. The van der Waals surface area contributed by atoms with Crippen molar-refractivity contribution in [1.29, 1.82) is 0 Å². The molecule has 0 aliphatic rings. The number of nitrogens with one attached hydrogen (secondary N) is 1. The van der Waals surface area contributed by atoms with E-state index in [-0.39, 0.29) is 0 Å². The molecule has 76 valence electrons. The van der Waals surface area contributed by atoms with Gasteiger partial charge in [0, 0.05) is 31.6 Å². The predicted octanol–water partition coefficient (Wildman–Crippen LogP) is -0.144. The monoisotopic (exact) mass is 196 g/mol. The van der Waals surface area contributed by atoms with Gasteiger partial charge in [0.25, 0.3) is 0 Å². The van der Waals surface area contributed by atoms with E-state index in [4.69, 9.17) is 5.11 Å². The quantitative estimate of drug-likeness (QED) is 0.489. The molecule has 0 saturated carbocycles. The zero-order valence-electron chi connectivity index (χ0n) is 7.63. The van der Waals surface area contributed by atoms with E-state index in [2.05, 4.69) is 15.6 Å². The third-order valence-corrected chi connectivity index (χ3v) is 1.52. The van der Waals surface area contributed by atoms with Crippen molar-refractivity contribution < 1.29 is 9.90 Å². The Hall–Kier alpha value is -1.85. The maximum absolute atomic E-state index is 10.1. The van der Waals surface area contributed by atoms with Gasteiger partial charge >= 0.3 is 5.97 Å². The lowest BCUT2D eigenvalue weighted by atomic mass is 10.4. The Kier molecular flexibility index (Phi) is 4.19. The fraction of sp³-hybridized carbons (Fsp3) is 0.375. The van der Waals surface area contributed by atoms with E-state index >= 15 is 0 Å². The molecule has 0 bridgehead atoms. The highest BCUT2D eigenvalue weighted by Crippen LogP contribution is 1.85. The van der Waals surface area contributed by atoms with Crippen molar-refractivity contribution in [3.63, 3.8) is 0 Å².